The summed E-state index contributed by atoms with van der Waals surface area (Å²) in [5.41, 5.74) is 5.18. The minimum absolute atomic E-state index is 0.0447. The molecule has 3 N–H and O–H groups in total. The van der Waals surface area contributed by atoms with Crippen LogP contribution in [0.3, 0.4) is 0 Å². The Bertz CT molecular complexity index is 389. The van der Waals surface area contributed by atoms with Gasteiger partial charge in [0.25, 0.3) is 0 Å². The van der Waals surface area contributed by atoms with Gasteiger partial charge >= 0.3 is 0 Å². The van der Waals surface area contributed by atoms with Crippen LogP contribution in [0.2, 0.25) is 0 Å². The molecule has 6 heteroatoms. The van der Waals surface area contributed by atoms with Gasteiger partial charge in [-0.1, -0.05) is 37.9 Å². The summed E-state index contributed by atoms with van der Waals surface area (Å²) in [7, 11) is 0. The molecule has 1 aliphatic carbocycles. The van der Waals surface area contributed by atoms with Crippen molar-refractivity contribution >= 4 is 29.0 Å². The van der Waals surface area contributed by atoms with E-state index in [2.05, 4.69) is 5.32 Å². The molecule has 2 amide bonds. The Labute approximate surface area is 118 Å². The number of piperazine rings is 1. The van der Waals surface area contributed by atoms with Crippen molar-refractivity contribution < 1.29 is 9.59 Å². The van der Waals surface area contributed by atoms with Crippen molar-refractivity contribution in [3.05, 3.63) is 0 Å². The van der Waals surface area contributed by atoms with Crippen LogP contribution in [0.15, 0.2) is 0 Å². The Balaban J connectivity index is 2.20. The molecule has 0 unspecified atom stereocenters. The third-order valence-electron chi connectivity index (χ3n) is 4.16. The lowest BCUT2D eigenvalue weighted by Gasteiger charge is -2.37. The van der Waals surface area contributed by atoms with Gasteiger partial charge in [-0.2, -0.15) is 0 Å². The maximum absolute atomic E-state index is 12.8. The maximum Gasteiger partial charge on any atom is 0.239 e. The van der Waals surface area contributed by atoms with Crippen LogP contribution >= 0.6 is 12.2 Å². The second-order valence-corrected chi connectivity index (χ2v) is 5.88. The van der Waals surface area contributed by atoms with Crippen LogP contribution in [0.25, 0.3) is 0 Å². The third kappa shape index (κ3) is 2.88. The molecule has 0 bridgehead atoms. The molecule has 106 valence electrons. The Morgan fingerprint density at radius 1 is 1.26 bits per heavy atom. The highest BCUT2D eigenvalue weighted by molar-refractivity contribution is 7.80. The maximum atomic E-state index is 12.8. The van der Waals surface area contributed by atoms with E-state index in [1.165, 1.54) is 0 Å². The molecule has 5 nitrogen and oxygen atoms in total. The zero-order valence-electron chi connectivity index (χ0n) is 11.1. The average Bonchev–Trinajstić information content (AvgIpc) is 2.64. The van der Waals surface area contributed by atoms with E-state index in [1.807, 2.05) is 0 Å². The molecule has 2 aliphatic rings. The SMILES string of the molecule is NC(=S)C1(C(=O)N2CCNC(=O)C2)CCCCCC1. The number of thiocarbonyl (C=S) groups is 1. The van der Waals surface area contributed by atoms with Gasteiger partial charge in [-0.3, -0.25) is 9.59 Å². The van der Waals surface area contributed by atoms with Crippen molar-refractivity contribution in [2.75, 3.05) is 19.6 Å². The predicted molar refractivity (Wildman–Crippen MR) is 76.5 cm³/mol. The molecule has 1 aliphatic heterocycles. The summed E-state index contributed by atoms with van der Waals surface area (Å²) in [6.45, 7) is 1.19. The first kappa shape index (κ1) is 14.2. The second-order valence-electron chi connectivity index (χ2n) is 5.44. The number of nitrogens with two attached hydrogens (primary N) is 1. The summed E-state index contributed by atoms with van der Waals surface area (Å²) in [5.74, 6) is -0.150. The van der Waals surface area contributed by atoms with Crippen molar-refractivity contribution in [1.82, 2.24) is 10.2 Å². The number of carbonyl (C=O) groups excluding carboxylic acids is 2. The minimum Gasteiger partial charge on any atom is -0.392 e. The van der Waals surface area contributed by atoms with Crippen LogP contribution in [-0.2, 0) is 9.59 Å². The highest BCUT2D eigenvalue weighted by Crippen LogP contribution is 2.37. The van der Waals surface area contributed by atoms with Crippen molar-refractivity contribution in [2.24, 2.45) is 11.1 Å². The van der Waals surface area contributed by atoms with E-state index in [-0.39, 0.29) is 18.4 Å². The predicted octanol–water partition coefficient (Wildman–Crippen LogP) is 0.571. The molecular formula is C13H21N3O2S. The number of nitrogens with one attached hydrogen (secondary N) is 1. The van der Waals surface area contributed by atoms with Crippen LogP contribution in [0.1, 0.15) is 38.5 Å². The Kier molecular flexibility index (Phi) is 4.39. The van der Waals surface area contributed by atoms with E-state index in [4.69, 9.17) is 18.0 Å². The van der Waals surface area contributed by atoms with Crippen LogP contribution in [0, 0.1) is 5.41 Å². The first-order valence-electron chi connectivity index (χ1n) is 6.92. The molecular weight excluding hydrogens is 262 g/mol. The first-order valence-corrected chi connectivity index (χ1v) is 7.33. The smallest absolute Gasteiger partial charge is 0.239 e. The lowest BCUT2D eigenvalue weighted by atomic mass is 9.78. The fraction of sp³-hybridized carbons (Fsp3) is 0.769. The van der Waals surface area contributed by atoms with Crippen molar-refractivity contribution in [3.8, 4) is 0 Å². The van der Waals surface area contributed by atoms with Gasteiger partial charge in [0.05, 0.1) is 16.9 Å². The fourth-order valence-electron chi connectivity index (χ4n) is 3.01. The molecule has 0 atom stereocenters. The van der Waals surface area contributed by atoms with Crippen molar-refractivity contribution in [3.63, 3.8) is 0 Å². The lowest BCUT2D eigenvalue weighted by molar-refractivity contribution is -0.144. The van der Waals surface area contributed by atoms with Gasteiger partial charge in [0.1, 0.15) is 0 Å². The summed E-state index contributed by atoms with van der Waals surface area (Å²) in [4.78, 5) is 26.1. The Morgan fingerprint density at radius 3 is 2.42 bits per heavy atom. The molecule has 0 radical (unpaired) electrons. The number of hydrogen-bond acceptors (Lipinski definition) is 3. The average molecular weight is 283 g/mol. The zero-order chi connectivity index (χ0) is 13.9. The molecule has 0 aromatic heterocycles. The van der Waals surface area contributed by atoms with Gasteiger partial charge in [-0.25, -0.2) is 0 Å². The number of rotatable bonds is 2. The van der Waals surface area contributed by atoms with Gasteiger partial charge in [0.15, 0.2) is 0 Å². The molecule has 19 heavy (non-hydrogen) atoms. The second kappa shape index (κ2) is 5.86. The first-order chi connectivity index (χ1) is 9.06. The molecule has 1 heterocycles. The number of amides is 2. The molecule has 2 fully saturated rings. The van der Waals surface area contributed by atoms with Gasteiger partial charge in [0.2, 0.25) is 11.8 Å². The molecule has 0 aromatic rings. The Morgan fingerprint density at radius 2 is 1.89 bits per heavy atom. The zero-order valence-corrected chi connectivity index (χ0v) is 11.9. The standard InChI is InChI=1S/C13H21N3O2S/c14-11(19)13(5-3-1-2-4-6-13)12(18)16-8-7-15-10(17)9-16/h1-9H2,(H2,14,19)(H,15,17). The molecule has 0 aromatic carbocycles. The normalized spacial score (nSPS) is 23.4. The van der Waals surface area contributed by atoms with Crippen molar-refractivity contribution in [2.45, 2.75) is 38.5 Å². The molecule has 0 spiro atoms. The number of nitrogens with zero attached hydrogens (tertiary/aromatic N) is 1. The Hall–Kier alpha value is -1.17. The van der Waals surface area contributed by atoms with E-state index < -0.39 is 5.41 Å². The summed E-state index contributed by atoms with van der Waals surface area (Å²) in [5, 5.41) is 2.73. The highest BCUT2D eigenvalue weighted by Gasteiger charge is 2.44. The topological polar surface area (TPSA) is 75.4 Å². The lowest BCUT2D eigenvalue weighted by Crippen LogP contribution is -2.57. The van der Waals surface area contributed by atoms with E-state index in [0.29, 0.717) is 18.1 Å². The fourth-order valence-corrected chi connectivity index (χ4v) is 3.30. The summed E-state index contributed by atoms with van der Waals surface area (Å²) >= 11 is 5.19. The van der Waals surface area contributed by atoms with E-state index >= 15 is 0 Å². The molecule has 1 saturated carbocycles. The van der Waals surface area contributed by atoms with Gasteiger partial charge in [0, 0.05) is 13.1 Å². The number of carbonyl (C=O) groups is 2. The van der Waals surface area contributed by atoms with E-state index in [0.717, 1.165) is 38.5 Å². The van der Waals surface area contributed by atoms with Gasteiger partial charge in [-0.15, -0.1) is 0 Å². The summed E-state index contributed by atoms with van der Waals surface area (Å²) in [6, 6.07) is 0. The van der Waals surface area contributed by atoms with Crippen LogP contribution in [0.4, 0.5) is 0 Å². The van der Waals surface area contributed by atoms with E-state index in [1.54, 1.807) is 4.90 Å². The van der Waals surface area contributed by atoms with Gasteiger partial charge < -0.3 is 16.0 Å². The number of hydrogen-bond donors (Lipinski definition) is 2. The molecule has 2 rings (SSSR count). The summed E-state index contributed by atoms with van der Waals surface area (Å²) < 4.78 is 0. The summed E-state index contributed by atoms with van der Waals surface area (Å²) in [6.07, 6.45) is 5.64. The third-order valence-corrected chi connectivity index (χ3v) is 4.55. The van der Waals surface area contributed by atoms with E-state index in [9.17, 15) is 9.59 Å². The quantitative estimate of drug-likeness (QED) is 0.574. The van der Waals surface area contributed by atoms with Crippen LogP contribution < -0.4 is 11.1 Å². The minimum atomic E-state index is -0.719. The molecule has 1 saturated heterocycles. The monoisotopic (exact) mass is 283 g/mol. The highest BCUT2D eigenvalue weighted by atomic mass is 32.1. The van der Waals surface area contributed by atoms with Gasteiger partial charge in [-0.05, 0) is 12.8 Å². The van der Waals surface area contributed by atoms with Crippen LogP contribution in [-0.4, -0.2) is 41.3 Å². The largest absolute Gasteiger partial charge is 0.392 e. The van der Waals surface area contributed by atoms with Crippen molar-refractivity contribution in [1.29, 1.82) is 0 Å². The van der Waals surface area contributed by atoms with Crippen LogP contribution in [0.5, 0.6) is 0 Å².